The number of ether oxygens (including phenoxy) is 3. The number of aryl methyl sites for hydroxylation is 1. The van der Waals surface area contributed by atoms with Crippen LogP contribution in [-0.2, 0) is 33.7 Å². The third kappa shape index (κ3) is 6.76. The Labute approximate surface area is 201 Å². The molecule has 1 saturated heterocycles. The molecule has 1 heterocycles. The second-order valence-electron chi connectivity index (χ2n) is 8.69. The third-order valence-electron chi connectivity index (χ3n) is 6.24. The summed E-state index contributed by atoms with van der Waals surface area (Å²) in [5.41, 5.74) is 5.05. The highest BCUT2D eigenvalue weighted by Gasteiger charge is 2.37. The van der Waals surface area contributed by atoms with Gasteiger partial charge in [0.1, 0.15) is 12.2 Å². The molecule has 5 atom stereocenters. The van der Waals surface area contributed by atoms with Crippen LogP contribution in [0.2, 0.25) is 5.02 Å². The Hall–Kier alpha value is -1.51. The number of methoxy groups -OCH3 is 1. The summed E-state index contributed by atoms with van der Waals surface area (Å²) in [6, 6.07) is 12.3. The molecule has 0 spiro atoms. The van der Waals surface area contributed by atoms with E-state index in [1.165, 1.54) is 5.56 Å². The molecule has 33 heavy (non-hydrogen) atoms. The maximum absolute atomic E-state index is 10.4. The quantitative estimate of drug-likeness (QED) is 0.483. The molecular formula is C26H35ClO6. The standard InChI is InChI=1S/C26H35ClO6/c1-4-17-5-7-18(8-6-17)9-19-10-21(24-12-23(29)26(30)25(13-28)33-24)20(11-22(19)27)15-32-14-16(2)31-3/h5-8,10-11,16,23-26,28-30H,4,9,12-15H2,1-3H3/t16?,23-,24-,25-,26+/m1/s1. The maximum atomic E-state index is 10.4. The van der Waals surface area contributed by atoms with Gasteiger partial charge in [-0.05, 0) is 53.6 Å². The molecule has 1 aliphatic heterocycles. The molecule has 0 aliphatic carbocycles. The largest absolute Gasteiger partial charge is 0.394 e. The Kier molecular flexibility index (Phi) is 9.70. The second kappa shape index (κ2) is 12.3. The molecule has 7 heteroatoms. The molecule has 0 amide bonds. The minimum atomic E-state index is -1.13. The first-order valence-corrected chi connectivity index (χ1v) is 11.9. The van der Waals surface area contributed by atoms with E-state index in [0.717, 1.165) is 28.7 Å². The van der Waals surface area contributed by atoms with E-state index < -0.39 is 24.4 Å². The highest BCUT2D eigenvalue weighted by atomic mass is 35.5. The van der Waals surface area contributed by atoms with Crippen molar-refractivity contribution in [1.82, 2.24) is 0 Å². The van der Waals surface area contributed by atoms with Crippen LogP contribution < -0.4 is 0 Å². The average Bonchev–Trinajstić information content (AvgIpc) is 2.82. The fraction of sp³-hybridized carbons (Fsp3) is 0.538. The number of aliphatic hydroxyl groups is 3. The van der Waals surface area contributed by atoms with Gasteiger partial charge in [0.15, 0.2) is 0 Å². The Morgan fingerprint density at radius 2 is 1.82 bits per heavy atom. The molecule has 0 radical (unpaired) electrons. The average molecular weight is 479 g/mol. The maximum Gasteiger partial charge on any atom is 0.110 e. The van der Waals surface area contributed by atoms with E-state index in [2.05, 4.69) is 31.2 Å². The summed E-state index contributed by atoms with van der Waals surface area (Å²) < 4.78 is 17.1. The third-order valence-corrected chi connectivity index (χ3v) is 6.59. The van der Waals surface area contributed by atoms with E-state index in [9.17, 15) is 15.3 Å². The molecule has 0 saturated carbocycles. The Bertz CT molecular complexity index is 887. The fourth-order valence-corrected chi connectivity index (χ4v) is 4.31. The highest BCUT2D eigenvalue weighted by Crippen LogP contribution is 2.36. The molecule has 1 unspecified atom stereocenters. The molecule has 1 aliphatic rings. The van der Waals surface area contributed by atoms with Gasteiger partial charge in [0, 0.05) is 18.6 Å². The van der Waals surface area contributed by atoms with Crippen molar-refractivity contribution in [2.75, 3.05) is 20.3 Å². The zero-order valence-corrected chi connectivity index (χ0v) is 20.3. The summed E-state index contributed by atoms with van der Waals surface area (Å²) in [4.78, 5) is 0. The SMILES string of the molecule is CCc1ccc(Cc2cc([C@H]3C[C@@H](O)[C@H](O)[C@@H](CO)O3)c(COCC(C)OC)cc2Cl)cc1. The Morgan fingerprint density at radius 1 is 1.12 bits per heavy atom. The number of rotatable bonds is 10. The van der Waals surface area contributed by atoms with E-state index in [1.807, 2.05) is 19.1 Å². The lowest BCUT2D eigenvalue weighted by Gasteiger charge is -2.37. The van der Waals surface area contributed by atoms with Crippen LogP contribution in [0.1, 0.15) is 54.2 Å². The number of hydrogen-bond donors (Lipinski definition) is 3. The molecule has 2 aromatic rings. The van der Waals surface area contributed by atoms with Gasteiger partial charge in [0.2, 0.25) is 0 Å². The summed E-state index contributed by atoms with van der Waals surface area (Å²) in [5, 5.41) is 30.8. The van der Waals surface area contributed by atoms with Crippen molar-refractivity contribution in [3.8, 4) is 0 Å². The number of aliphatic hydroxyl groups excluding tert-OH is 3. The van der Waals surface area contributed by atoms with Crippen LogP contribution in [0.5, 0.6) is 0 Å². The monoisotopic (exact) mass is 478 g/mol. The van der Waals surface area contributed by atoms with Gasteiger partial charge < -0.3 is 29.5 Å². The van der Waals surface area contributed by atoms with Crippen LogP contribution in [0.4, 0.5) is 0 Å². The van der Waals surface area contributed by atoms with Gasteiger partial charge in [-0.1, -0.05) is 48.9 Å². The van der Waals surface area contributed by atoms with E-state index >= 15 is 0 Å². The van der Waals surface area contributed by atoms with Crippen LogP contribution in [0.25, 0.3) is 0 Å². The van der Waals surface area contributed by atoms with Gasteiger partial charge in [-0.2, -0.15) is 0 Å². The first-order valence-electron chi connectivity index (χ1n) is 11.5. The predicted molar refractivity (Wildman–Crippen MR) is 128 cm³/mol. The first kappa shape index (κ1) is 26.1. The second-order valence-corrected chi connectivity index (χ2v) is 9.10. The summed E-state index contributed by atoms with van der Waals surface area (Å²) in [7, 11) is 1.63. The van der Waals surface area contributed by atoms with Crippen LogP contribution >= 0.6 is 11.6 Å². The van der Waals surface area contributed by atoms with E-state index in [-0.39, 0.29) is 19.1 Å². The van der Waals surface area contributed by atoms with Crippen LogP contribution in [0.3, 0.4) is 0 Å². The normalized spacial score (nSPS) is 24.1. The number of hydrogen-bond acceptors (Lipinski definition) is 6. The Morgan fingerprint density at radius 3 is 2.45 bits per heavy atom. The summed E-state index contributed by atoms with van der Waals surface area (Å²) in [6.07, 6.45) is -1.68. The minimum Gasteiger partial charge on any atom is -0.394 e. The van der Waals surface area contributed by atoms with Gasteiger partial charge in [-0.25, -0.2) is 0 Å². The summed E-state index contributed by atoms with van der Waals surface area (Å²) >= 11 is 6.67. The number of halogens is 1. The van der Waals surface area contributed by atoms with E-state index in [0.29, 0.717) is 24.7 Å². The smallest absolute Gasteiger partial charge is 0.110 e. The molecule has 1 fully saturated rings. The highest BCUT2D eigenvalue weighted by molar-refractivity contribution is 6.31. The molecule has 0 bridgehead atoms. The van der Waals surface area contributed by atoms with Crippen molar-refractivity contribution < 1.29 is 29.5 Å². The van der Waals surface area contributed by atoms with Crippen molar-refractivity contribution in [2.24, 2.45) is 0 Å². The van der Waals surface area contributed by atoms with Crippen molar-refractivity contribution in [2.45, 2.75) is 70.2 Å². The fourth-order valence-electron chi connectivity index (χ4n) is 4.06. The van der Waals surface area contributed by atoms with Crippen molar-refractivity contribution >= 4 is 11.6 Å². The molecule has 6 nitrogen and oxygen atoms in total. The predicted octanol–water partition coefficient (Wildman–Crippen LogP) is 3.59. The zero-order chi connectivity index (χ0) is 24.0. The van der Waals surface area contributed by atoms with Crippen LogP contribution in [0, 0.1) is 0 Å². The summed E-state index contributed by atoms with van der Waals surface area (Å²) in [6.45, 7) is 4.40. The van der Waals surface area contributed by atoms with Crippen molar-refractivity contribution in [3.63, 3.8) is 0 Å². The molecule has 3 rings (SSSR count). The van der Waals surface area contributed by atoms with Crippen LogP contribution in [-0.4, -0.2) is 60.1 Å². The van der Waals surface area contributed by atoms with E-state index in [4.69, 9.17) is 25.8 Å². The van der Waals surface area contributed by atoms with E-state index in [1.54, 1.807) is 7.11 Å². The zero-order valence-electron chi connectivity index (χ0n) is 19.5. The molecular weight excluding hydrogens is 444 g/mol. The Balaban J connectivity index is 1.90. The topological polar surface area (TPSA) is 88.4 Å². The number of benzene rings is 2. The summed E-state index contributed by atoms with van der Waals surface area (Å²) in [5.74, 6) is 0. The lowest BCUT2D eigenvalue weighted by molar-refractivity contribution is -0.181. The van der Waals surface area contributed by atoms with Crippen LogP contribution in [0.15, 0.2) is 36.4 Å². The molecule has 182 valence electrons. The molecule has 2 aromatic carbocycles. The molecule has 3 N–H and O–H groups in total. The van der Waals surface area contributed by atoms with Gasteiger partial charge in [-0.3, -0.25) is 0 Å². The van der Waals surface area contributed by atoms with Crippen molar-refractivity contribution in [1.29, 1.82) is 0 Å². The van der Waals surface area contributed by atoms with Crippen molar-refractivity contribution in [3.05, 3.63) is 69.2 Å². The lowest BCUT2D eigenvalue weighted by atomic mass is 9.89. The molecule has 0 aromatic heterocycles. The van der Waals surface area contributed by atoms with Gasteiger partial charge in [0.05, 0.1) is 38.1 Å². The van der Waals surface area contributed by atoms with Gasteiger partial charge >= 0.3 is 0 Å². The minimum absolute atomic E-state index is 0.0454. The van der Waals surface area contributed by atoms with Gasteiger partial charge in [-0.15, -0.1) is 0 Å². The lowest BCUT2D eigenvalue weighted by Crippen LogP contribution is -2.47. The first-order chi connectivity index (χ1) is 15.9. The van der Waals surface area contributed by atoms with Gasteiger partial charge in [0.25, 0.3) is 0 Å².